The number of nitrogens with zero attached hydrogens (tertiary/aromatic N) is 2. The second-order valence-corrected chi connectivity index (χ2v) is 9.52. The van der Waals surface area contributed by atoms with E-state index < -0.39 is 11.6 Å². The summed E-state index contributed by atoms with van der Waals surface area (Å²) >= 11 is 0. The normalized spacial score (nSPS) is 21.2. The van der Waals surface area contributed by atoms with Crippen LogP contribution >= 0.6 is 0 Å². The van der Waals surface area contributed by atoms with E-state index in [0.717, 1.165) is 34.9 Å². The molecule has 2 saturated heterocycles. The predicted molar refractivity (Wildman–Crippen MR) is 131 cm³/mol. The van der Waals surface area contributed by atoms with Crippen molar-refractivity contribution < 1.29 is 14.4 Å². The van der Waals surface area contributed by atoms with Crippen LogP contribution in [0.4, 0.5) is 4.79 Å². The molecule has 2 heterocycles. The third-order valence-electron chi connectivity index (χ3n) is 7.23. The zero-order chi connectivity index (χ0) is 23.7. The van der Waals surface area contributed by atoms with E-state index >= 15 is 0 Å². The van der Waals surface area contributed by atoms with Crippen molar-refractivity contribution in [1.29, 1.82) is 0 Å². The van der Waals surface area contributed by atoms with E-state index in [0.29, 0.717) is 24.6 Å². The summed E-state index contributed by atoms with van der Waals surface area (Å²) in [5.74, 6) is -0.0242. The summed E-state index contributed by atoms with van der Waals surface area (Å²) in [7, 11) is 0. The molecule has 0 unspecified atom stereocenters. The van der Waals surface area contributed by atoms with Gasteiger partial charge < -0.3 is 10.2 Å². The number of benzene rings is 3. The summed E-state index contributed by atoms with van der Waals surface area (Å²) in [5, 5.41) is 4.88. The highest BCUT2D eigenvalue weighted by atomic mass is 16.2. The molecule has 34 heavy (non-hydrogen) atoms. The third-order valence-corrected chi connectivity index (χ3v) is 7.23. The second kappa shape index (κ2) is 8.93. The molecule has 0 saturated carbocycles. The fraction of sp³-hybridized carbons (Fsp3) is 0.321. The predicted octanol–water partition coefficient (Wildman–Crippen LogP) is 4.09. The number of hydrogen-bond donors (Lipinski definition) is 1. The first-order chi connectivity index (χ1) is 16.4. The minimum absolute atomic E-state index is 0.176. The van der Waals surface area contributed by atoms with Crippen molar-refractivity contribution in [2.45, 2.75) is 31.7 Å². The average molecular weight is 456 g/mol. The molecule has 0 spiro atoms. The first-order valence-corrected chi connectivity index (χ1v) is 11.9. The lowest BCUT2D eigenvalue weighted by Gasteiger charge is -2.33. The average Bonchev–Trinajstić information content (AvgIpc) is 3.08. The Labute approximate surface area is 199 Å². The Balaban J connectivity index is 1.23. The van der Waals surface area contributed by atoms with Gasteiger partial charge in [0, 0.05) is 13.1 Å². The summed E-state index contributed by atoms with van der Waals surface area (Å²) in [6.07, 6.45) is 2.87. The van der Waals surface area contributed by atoms with E-state index in [9.17, 15) is 14.4 Å². The van der Waals surface area contributed by atoms with E-state index in [1.165, 1.54) is 5.56 Å². The molecule has 3 aromatic rings. The van der Waals surface area contributed by atoms with Crippen LogP contribution in [-0.2, 0) is 21.5 Å². The standard InChI is InChI=1S/C28H29N3O3/c1-28(24-12-11-22-9-5-6-10-23(22)18-24)26(33)31(27(34)29-28)19-25(32)30-15-13-21(14-16-30)17-20-7-3-2-4-8-20/h2-12,18,21H,13-17,19H2,1H3,(H,29,34)/t28-/m1/s1. The van der Waals surface area contributed by atoms with Crippen molar-refractivity contribution in [3.8, 4) is 0 Å². The number of carbonyl (C=O) groups is 3. The van der Waals surface area contributed by atoms with Gasteiger partial charge in [0.15, 0.2) is 0 Å². The monoisotopic (exact) mass is 455 g/mol. The number of rotatable bonds is 5. The number of piperidine rings is 1. The van der Waals surface area contributed by atoms with Crippen LogP contribution in [0.2, 0.25) is 0 Å². The van der Waals surface area contributed by atoms with E-state index in [1.807, 2.05) is 48.5 Å². The molecule has 174 valence electrons. The maximum atomic E-state index is 13.3. The van der Waals surface area contributed by atoms with Crippen LogP contribution in [0.1, 0.15) is 30.9 Å². The quantitative estimate of drug-likeness (QED) is 0.589. The van der Waals surface area contributed by atoms with Gasteiger partial charge in [0.2, 0.25) is 5.91 Å². The minimum Gasteiger partial charge on any atom is -0.341 e. The van der Waals surface area contributed by atoms with Gasteiger partial charge in [-0.15, -0.1) is 0 Å². The number of carbonyl (C=O) groups excluding carboxylic acids is 3. The maximum Gasteiger partial charge on any atom is 0.325 e. The van der Waals surface area contributed by atoms with Gasteiger partial charge in [0.1, 0.15) is 12.1 Å². The summed E-state index contributed by atoms with van der Waals surface area (Å²) in [6.45, 7) is 2.79. The highest BCUT2D eigenvalue weighted by Gasteiger charge is 2.49. The fourth-order valence-electron chi connectivity index (χ4n) is 5.11. The Morgan fingerprint density at radius 3 is 2.35 bits per heavy atom. The molecule has 5 rings (SSSR count). The Morgan fingerprint density at radius 2 is 1.62 bits per heavy atom. The molecule has 4 amide bonds. The third kappa shape index (κ3) is 4.16. The lowest BCUT2D eigenvalue weighted by atomic mass is 9.90. The molecule has 0 radical (unpaired) electrons. The van der Waals surface area contributed by atoms with E-state index in [1.54, 1.807) is 11.8 Å². The van der Waals surface area contributed by atoms with Crippen molar-refractivity contribution in [1.82, 2.24) is 15.1 Å². The highest BCUT2D eigenvalue weighted by molar-refractivity contribution is 6.09. The first-order valence-electron chi connectivity index (χ1n) is 11.9. The lowest BCUT2D eigenvalue weighted by molar-refractivity contribution is -0.139. The summed E-state index contributed by atoms with van der Waals surface area (Å²) in [5.41, 5.74) is 0.838. The van der Waals surface area contributed by atoms with Crippen LogP contribution in [-0.4, -0.2) is 47.3 Å². The number of nitrogens with one attached hydrogen (secondary N) is 1. The second-order valence-electron chi connectivity index (χ2n) is 9.52. The number of amides is 4. The van der Waals surface area contributed by atoms with Gasteiger partial charge in [-0.25, -0.2) is 4.79 Å². The van der Waals surface area contributed by atoms with Crippen LogP contribution in [0.5, 0.6) is 0 Å². The van der Waals surface area contributed by atoms with Gasteiger partial charge >= 0.3 is 6.03 Å². The molecular weight excluding hydrogens is 426 g/mol. The van der Waals surface area contributed by atoms with Gasteiger partial charge in [-0.1, -0.05) is 66.7 Å². The van der Waals surface area contributed by atoms with Gasteiger partial charge in [0.25, 0.3) is 5.91 Å². The summed E-state index contributed by atoms with van der Waals surface area (Å²) < 4.78 is 0. The lowest BCUT2D eigenvalue weighted by Crippen LogP contribution is -2.46. The Bertz CT molecular complexity index is 1230. The van der Waals surface area contributed by atoms with Crippen LogP contribution < -0.4 is 5.32 Å². The summed E-state index contributed by atoms with van der Waals surface area (Å²) in [4.78, 5) is 41.9. The largest absolute Gasteiger partial charge is 0.341 e. The molecule has 2 fully saturated rings. The summed E-state index contributed by atoms with van der Waals surface area (Å²) in [6, 6.07) is 23.5. The fourth-order valence-corrected chi connectivity index (χ4v) is 5.11. The smallest absolute Gasteiger partial charge is 0.325 e. The molecule has 0 bridgehead atoms. The van der Waals surface area contributed by atoms with Gasteiger partial charge in [0.05, 0.1) is 0 Å². The molecule has 1 N–H and O–H groups in total. The van der Waals surface area contributed by atoms with Crippen LogP contribution in [0.25, 0.3) is 10.8 Å². The number of urea groups is 1. The Morgan fingerprint density at radius 1 is 0.941 bits per heavy atom. The van der Waals surface area contributed by atoms with Crippen molar-refractivity contribution in [2.24, 2.45) is 5.92 Å². The van der Waals surface area contributed by atoms with Gasteiger partial charge in [-0.3, -0.25) is 14.5 Å². The van der Waals surface area contributed by atoms with Crippen LogP contribution in [0.3, 0.4) is 0 Å². The first kappa shape index (κ1) is 22.1. The number of likely N-dealkylation sites (tertiary alicyclic amines) is 1. The molecule has 0 aliphatic carbocycles. The molecule has 6 heteroatoms. The van der Waals surface area contributed by atoms with Crippen LogP contribution in [0, 0.1) is 5.92 Å². The van der Waals surface area contributed by atoms with Crippen molar-refractivity contribution in [2.75, 3.05) is 19.6 Å². The van der Waals surface area contributed by atoms with E-state index in [4.69, 9.17) is 0 Å². The van der Waals surface area contributed by atoms with E-state index in [2.05, 4.69) is 29.6 Å². The topological polar surface area (TPSA) is 69.7 Å². The van der Waals surface area contributed by atoms with Gasteiger partial charge in [-0.05, 0) is 60.1 Å². The maximum absolute atomic E-state index is 13.3. The van der Waals surface area contributed by atoms with Gasteiger partial charge in [-0.2, -0.15) is 0 Å². The van der Waals surface area contributed by atoms with Crippen molar-refractivity contribution in [3.05, 3.63) is 83.9 Å². The zero-order valence-electron chi connectivity index (χ0n) is 19.4. The molecule has 3 aromatic carbocycles. The number of hydrogen-bond acceptors (Lipinski definition) is 3. The molecule has 0 aromatic heterocycles. The Hall–Kier alpha value is -3.67. The van der Waals surface area contributed by atoms with Crippen molar-refractivity contribution in [3.63, 3.8) is 0 Å². The molecule has 6 nitrogen and oxygen atoms in total. The number of imide groups is 1. The Kier molecular flexibility index (Phi) is 5.82. The van der Waals surface area contributed by atoms with Crippen molar-refractivity contribution >= 4 is 28.6 Å². The molecule has 2 aliphatic rings. The molecule has 1 atom stereocenters. The SMILES string of the molecule is C[C@]1(c2ccc3ccccc3c2)NC(=O)N(CC(=O)N2CCC(Cc3ccccc3)CC2)C1=O. The number of fused-ring (bicyclic) bond motifs is 1. The highest BCUT2D eigenvalue weighted by Crippen LogP contribution is 2.31. The van der Waals surface area contributed by atoms with Crippen LogP contribution in [0.15, 0.2) is 72.8 Å². The van der Waals surface area contributed by atoms with E-state index in [-0.39, 0.29) is 18.4 Å². The molecule has 2 aliphatic heterocycles. The molecular formula is C28H29N3O3. The zero-order valence-corrected chi connectivity index (χ0v) is 19.4. The minimum atomic E-state index is -1.19.